The average Bonchev–Trinajstić information content (AvgIpc) is 2.54. The Morgan fingerprint density at radius 1 is 1.23 bits per heavy atom. The Hall–Kier alpha value is -1.44. The van der Waals surface area contributed by atoms with E-state index >= 15 is 0 Å². The molecule has 1 saturated heterocycles. The Morgan fingerprint density at radius 2 is 1.86 bits per heavy atom. The highest BCUT2D eigenvalue weighted by Gasteiger charge is 2.25. The van der Waals surface area contributed by atoms with Crippen molar-refractivity contribution in [2.45, 2.75) is 24.7 Å². The number of rotatable bonds is 6. The summed E-state index contributed by atoms with van der Waals surface area (Å²) in [4.78, 5) is 11.7. The molecule has 0 atom stereocenters. The number of nitrogens with zero attached hydrogens (tertiary/aromatic N) is 1. The number of nitrogens with one attached hydrogen (secondary N) is 1. The minimum absolute atomic E-state index is 0.00696. The zero-order valence-corrected chi connectivity index (χ0v) is 13.6. The Balaban J connectivity index is 2.00. The van der Waals surface area contributed by atoms with Crippen molar-refractivity contribution in [3.05, 3.63) is 29.8 Å². The number of hydrogen-bond acceptors (Lipinski definition) is 4. The first-order valence-electron chi connectivity index (χ1n) is 7.47. The third-order valence-corrected chi connectivity index (χ3v) is 5.46. The van der Waals surface area contributed by atoms with Gasteiger partial charge in [0.1, 0.15) is 0 Å². The monoisotopic (exact) mass is 326 g/mol. The van der Waals surface area contributed by atoms with Gasteiger partial charge in [-0.05, 0) is 31.0 Å². The number of carbonyl (C=O) groups is 1. The zero-order chi connectivity index (χ0) is 16.0. The Labute approximate surface area is 131 Å². The molecule has 6 nitrogen and oxygen atoms in total. The van der Waals surface area contributed by atoms with Gasteiger partial charge in [-0.2, -0.15) is 4.31 Å². The van der Waals surface area contributed by atoms with Crippen molar-refractivity contribution >= 4 is 15.9 Å². The third-order valence-electron chi connectivity index (χ3n) is 3.55. The van der Waals surface area contributed by atoms with Crippen LogP contribution in [-0.4, -0.2) is 51.5 Å². The summed E-state index contributed by atoms with van der Waals surface area (Å²) in [5.74, 6) is 0.00696. The molecule has 1 aromatic carbocycles. The summed E-state index contributed by atoms with van der Waals surface area (Å²) in [6, 6.07) is 6.76. The number of hydrogen-bond donors (Lipinski definition) is 1. The van der Waals surface area contributed by atoms with Crippen molar-refractivity contribution in [2.75, 3.05) is 32.8 Å². The second-order valence-electron chi connectivity index (χ2n) is 5.11. The molecule has 0 saturated carbocycles. The van der Waals surface area contributed by atoms with Crippen molar-refractivity contribution in [1.82, 2.24) is 9.62 Å². The van der Waals surface area contributed by atoms with E-state index in [2.05, 4.69) is 5.32 Å². The Kier molecular flexibility index (Phi) is 5.93. The minimum atomic E-state index is -3.44. The number of morpholine rings is 1. The maximum absolute atomic E-state index is 12.5. The smallest absolute Gasteiger partial charge is 0.243 e. The van der Waals surface area contributed by atoms with Gasteiger partial charge in [-0.3, -0.25) is 4.79 Å². The molecular weight excluding hydrogens is 304 g/mol. The van der Waals surface area contributed by atoms with E-state index in [-0.39, 0.29) is 10.8 Å². The van der Waals surface area contributed by atoms with Crippen molar-refractivity contribution in [3.8, 4) is 0 Å². The average molecular weight is 326 g/mol. The van der Waals surface area contributed by atoms with Gasteiger partial charge in [0, 0.05) is 26.1 Å². The van der Waals surface area contributed by atoms with E-state index < -0.39 is 10.0 Å². The zero-order valence-electron chi connectivity index (χ0n) is 12.7. The van der Waals surface area contributed by atoms with Crippen LogP contribution in [0.3, 0.4) is 0 Å². The lowest BCUT2D eigenvalue weighted by atomic mass is 10.1. The van der Waals surface area contributed by atoms with Gasteiger partial charge in [-0.25, -0.2) is 8.42 Å². The minimum Gasteiger partial charge on any atom is -0.379 e. The Bertz CT molecular complexity index is 592. The number of ether oxygens (including phenoxy) is 1. The van der Waals surface area contributed by atoms with Gasteiger partial charge in [0.2, 0.25) is 15.9 Å². The molecule has 122 valence electrons. The molecule has 7 heteroatoms. The van der Waals surface area contributed by atoms with Gasteiger partial charge in [0.05, 0.1) is 18.1 Å². The fraction of sp³-hybridized carbons (Fsp3) is 0.533. The fourth-order valence-corrected chi connectivity index (χ4v) is 3.72. The number of carbonyl (C=O) groups excluding carboxylic acids is 1. The summed E-state index contributed by atoms with van der Waals surface area (Å²) >= 11 is 0. The molecular formula is C15H22N2O4S. The van der Waals surface area contributed by atoms with Crippen LogP contribution in [0.15, 0.2) is 29.2 Å². The van der Waals surface area contributed by atoms with Gasteiger partial charge < -0.3 is 10.1 Å². The first kappa shape index (κ1) is 16.9. The number of amides is 1. The lowest BCUT2D eigenvalue weighted by Gasteiger charge is -2.26. The molecule has 0 bridgehead atoms. The maximum atomic E-state index is 12.5. The largest absolute Gasteiger partial charge is 0.379 e. The van der Waals surface area contributed by atoms with Crippen LogP contribution < -0.4 is 5.32 Å². The van der Waals surface area contributed by atoms with Gasteiger partial charge in [-0.15, -0.1) is 0 Å². The highest BCUT2D eigenvalue weighted by molar-refractivity contribution is 7.89. The molecule has 1 fully saturated rings. The van der Waals surface area contributed by atoms with Crippen LogP contribution in [0.5, 0.6) is 0 Å². The van der Waals surface area contributed by atoms with E-state index in [9.17, 15) is 13.2 Å². The van der Waals surface area contributed by atoms with Crippen LogP contribution in [0.4, 0.5) is 0 Å². The second-order valence-corrected chi connectivity index (χ2v) is 7.05. The van der Waals surface area contributed by atoms with Crippen molar-refractivity contribution in [1.29, 1.82) is 0 Å². The number of sulfonamides is 1. The maximum Gasteiger partial charge on any atom is 0.243 e. The molecule has 1 amide bonds. The van der Waals surface area contributed by atoms with E-state index in [1.54, 1.807) is 24.3 Å². The fourth-order valence-electron chi connectivity index (χ4n) is 2.31. The van der Waals surface area contributed by atoms with Crippen molar-refractivity contribution in [3.63, 3.8) is 0 Å². The van der Waals surface area contributed by atoms with Gasteiger partial charge in [0.15, 0.2) is 0 Å². The van der Waals surface area contributed by atoms with Crippen LogP contribution in [0, 0.1) is 0 Å². The molecule has 2 rings (SSSR count). The number of benzene rings is 1. The molecule has 1 N–H and O–H groups in total. The Morgan fingerprint density at radius 3 is 2.45 bits per heavy atom. The quantitative estimate of drug-likeness (QED) is 0.838. The molecule has 0 radical (unpaired) electrons. The second kappa shape index (κ2) is 7.71. The van der Waals surface area contributed by atoms with E-state index in [0.717, 1.165) is 5.56 Å². The first-order valence-corrected chi connectivity index (χ1v) is 8.91. The van der Waals surface area contributed by atoms with E-state index in [1.807, 2.05) is 6.92 Å². The molecule has 1 aromatic rings. The normalized spacial score (nSPS) is 16.4. The van der Waals surface area contributed by atoms with E-state index in [0.29, 0.717) is 45.7 Å². The van der Waals surface area contributed by atoms with Crippen LogP contribution in [-0.2, 0) is 26.0 Å². The van der Waals surface area contributed by atoms with Crippen LogP contribution in [0.1, 0.15) is 18.9 Å². The SMILES string of the molecule is CCNC(=O)CCc1ccc(S(=O)(=O)N2CCOCC2)cc1. The van der Waals surface area contributed by atoms with Crippen molar-refractivity contribution in [2.24, 2.45) is 0 Å². The summed E-state index contributed by atoms with van der Waals surface area (Å²) in [5.41, 5.74) is 0.951. The molecule has 0 spiro atoms. The van der Waals surface area contributed by atoms with Crippen LogP contribution >= 0.6 is 0 Å². The summed E-state index contributed by atoms with van der Waals surface area (Å²) in [5, 5.41) is 2.74. The summed E-state index contributed by atoms with van der Waals surface area (Å²) in [6.45, 7) is 4.15. The van der Waals surface area contributed by atoms with Gasteiger partial charge in [0.25, 0.3) is 0 Å². The predicted octanol–water partition coefficient (Wildman–Crippen LogP) is 0.776. The summed E-state index contributed by atoms with van der Waals surface area (Å²) in [6.07, 6.45) is 1.01. The molecule has 0 aliphatic carbocycles. The molecule has 1 aliphatic heterocycles. The molecule has 1 heterocycles. The third kappa shape index (κ3) is 4.28. The molecule has 22 heavy (non-hydrogen) atoms. The van der Waals surface area contributed by atoms with Gasteiger partial charge >= 0.3 is 0 Å². The van der Waals surface area contributed by atoms with Crippen LogP contribution in [0.25, 0.3) is 0 Å². The van der Waals surface area contributed by atoms with E-state index in [4.69, 9.17) is 4.74 Å². The first-order chi connectivity index (χ1) is 10.5. The highest BCUT2D eigenvalue weighted by Crippen LogP contribution is 2.18. The number of aryl methyl sites for hydroxylation is 1. The van der Waals surface area contributed by atoms with Crippen molar-refractivity contribution < 1.29 is 17.9 Å². The molecule has 0 unspecified atom stereocenters. The lowest BCUT2D eigenvalue weighted by molar-refractivity contribution is -0.120. The standard InChI is InChI=1S/C15H22N2O4S/c1-2-16-15(18)8-5-13-3-6-14(7-4-13)22(19,20)17-9-11-21-12-10-17/h3-4,6-7H,2,5,8-12H2,1H3,(H,16,18). The highest BCUT2D eigenvalue weighted by atomic mass is 32.2. The molecule has 1 aliphatic rings. The van der Waals surface area contributed by atoms with E-state index in [1.165, 1.54) is 4.31 Å². The van der Waals surface area contributed by atoms with Crippen LogP contribution in [0.2, 0.25) is 0 Å². The lowest BCUT2D eigenvalue weighted by Crippen LogP contribution is -2.40. The topological polar surface area (TPSA) is 75.7 Å². The summed E-state index contributed by atoms with van der Waals surface area (Å²) < 4.78 is 31.5. The molecule has 0 aromatic heterocycles. The van der Waals surface area contributed by atoms with Gasteiger partial charge in [-0.1, -0.05) is 12.1 Å². The summed E-state index contributed by atoms with van der Waals surface area (Å²) in [7, 11) is -3.44. The predicted molar refractivity (Wildman–Crippen MR) is 83.0 cm³/mol.